The van der Waals surface area contributed by atoms with E-state index in [0.29, 0.717) is 18.9 Å². The summed E-state index contributed by atoms with van der Waals surface area (Å²) in [5.74, 6) is 0.163. The maximum Gasteiger partial charge on any atom is 0.233 e. The summed E-state index contributed by atoms with van der Waals surface area (Å²) < 4.78 is 2.24. The first-order valence-corrected chi connectivity index (χ1v) is 16.7. The average molecular weight is 601 g/mol. The lowest BCUT2D eigenvalue weighted by Crippen LogP contribution is -2.52. The molecule has 1 heterocycles. The van der Waals surface area contributed by atoms with Crippen LogP contribution in [0.25, 0.3) is 22.1 Å². The predicted octanol–water partition coefficient (Wildman–Crippen LogP) is 7.54. The van der Waals surface area contributed by atoms with Crippen LogP contribution in [-0.4, -0.2) is 34.9 Å². The predicted molar refractivity (Wildman–Crippen MR) is 184 cm³/mol. The van der Waals surface area contributed by atoms with E-state index in [1.54, 1.807) is 0 Å². The zero-order valence-electron chi connectivity index (χ0n) is 27.2. The molecule has 0 aliphatic heterocycles. The monoisotopic (exact) mass is 600 g/mol. The molecule has 0 saturated carbocycles. The maximum atomic E-state index is 12.8. The van der Waals surface area contributed by atoms with E-state index in [2.05, 4.69) is 66.6 Å². The van der Waals surface area contributed by atoms with Crippen molar-refractivity contribution in [3.8, 4) is 0 Å². The Morgan fingerprint density at radius 1 is 0.795 bits per heavy atom. The van der Waals surface area contributed by atoms with Gasteiger partial charge in [0.25, 0.3) is 0 Å². The van der Waals surface area contributed by atoms with Gasteiger partial charge in [0.2, 0.25) is 22.8 Å². The van der Waals surface area contributed by atoms with Crippen molar-refractivity contribution in [1.29, 1.82) is 0 Å². The molecular formula is C37H54N5O2+. The van der Waals surface area contributed by atoms with Crippen LogP contribution in [-0.2, 0) is 16.1 Å². The van der Waals surface area contributed by atoms with Crippen molar-refractivity contribution in [1.82, 2.24) is 15.6 Å². The minimum absolute atomic E-state index is 0.0258. The summed E-state index contributed by atoms with van der Waals surface area (Å²) in [5.41, 5.74) is 4.61. The van der Waals surface area contributed by atoms with Gasteiger partial charge in [-0.3, -0.25) is 9.59 Å². The largest absolute Gasteiger partial charge is 0.352 e. The third-order valence-corrected chi connectivity index (χ3v) is 8.42. The van der Waals surface area contributed by atoms with E-state index in [-0.39, 0.29) is 23.9 Å². The van der Waals surface area contributed by atoms with Crippen molar-refractivity contribution in [2.24, 2.45) is 0 Å². The van der Waals surface area contributed by atoms with Gasteiger partial charge in [0.05, 0.1) is 5.69 Å². The van der Waals surface area contributed by atoms with Crippen LogP contribution in [0.2, 0.25) is 0 Å². The lowest BCUT2D eigenvalue weighted by molar-refractivity contribution is -0.641. The van der Waals surface area contributed by atoms with E-state index in [4.69, 9.17) is 4.98 Å². The van der Waals surface area contributed by atoms with Crippen LogP contribution in [0.5, 0.6) is 0 Å². The lowest BCUT2D eigenvalue weighted by atomic mass is 9.99. The number of rotatable bonds is 21. The number of amides is 2. The minimum atomic E-state index is 0.0258. The summed E-state index contributed by atoms with van der Waals surface area (Å²) in [4.78, 5) is 30.4. The smallest absolute Gasteiger partial charge is 0.233 e. The lowest BCUT2D eigenvalue weighted by Gasteiger charge is -2.31. The summed E-state index contributed by atoms with van der Waals surface area (Å²) in [5, 5.41) is 10.1. The molecular weight excluding hydrogens is 546 g/mol. The number of hydrogen-bond acceptors (Lipinski definition) is 4. The van der Waals surface area contributed by atoms with Crippen LogP contribution < -0.4 is 20.5 Å². The van der Waals surface area contributed by atoms with E-state index in [1.165, 1.54) is 0 Å². The second-order valence-electron chi connectivity index (χ2n) is 11.7. The first kappa shape index (κ1) is 34.9. The Morgan fingerprint density at radius 3 is 2.05 bits per heavy atom. The quantitative estimate of drug-likeness (QED) is 0.0510. The number of unbranched alkanes of at least 4 members (excludes halogenated alkanes) is 5. The van der Waals surface area contributed by atoms with Crippen LogP contribution in [0.15, 0.2) is 67.8 Å². The summed E-state index contributed by atoms with van der Waals surface area (Å²) in [6.45, 7) is 15.0. The van der Waals surface area contributed by atoms with Crippen molar-refractivity contribution in [2.75, 3.05) is 5.32 Å². The Hall–Kier alpha value is -3.58. The van der Waals surface area contributed by atoms with E-state index >= 15 is 0 Å². The standard InChI is InChI=1S/C37H53N5O2/c1-6-20-28(21-7-2)38-29(8-3)30(9-4)39-35(43)26-15-13-11-12-14-16-27-36(44)40-32-23-19-25-34-37(32)41-31-22-17-18-24-33(31)42(34)10-5/h6-7,17-19,22-25,28-30,38H,1-2,8-16,20-21,26-27H2,3-5H3,(H,39,43)/p+1. The SMILES string of the molecule is C=CCC(CC=C)NC(CC)C(CC)NC(=O)CCCCCCCCC(=O)Nc1cccc2c1nc1ccccc1[n+]2CC. The fraction of sp³-hybridized carbons (Fsp3) is 0.514. The molecule has 3 aromatic rings. The number of aryl methyl sites for hydroxylation is 1. The molecule has 2 aromatic carbocycles. The Labute approximate surface area is 264 Å². The van der Waals surface area contributed by atoms with E-state index < -0.39 is 0 Å². The number of carbonyl (C=O) groups excluding carboxylic acids is 2. The molecule has 0 radical (unpaired) electrons. The van der Waals surface area contributed by atoms with Gasteiger partial charge in [0.15, 0.2) is 5.52 Å². The second-order valence-corrected chi connectivity index (χ2v) is 11.7. The van der Waals surface area contributed by atoms with Gasteiger partial charge >= 0.3 is 0 Å². The number of benzene rings is 2. The number of nitrogens with one attached hydrogen (secondary N) is 3. The van der Waals surface area contributed by atoms with Gasteiger partial charge in [-0.15, -0.1) is 13.2 Å². The van der Waals surface area contributed by atoms with E-state index in [9.17, 15) is 9.59 Å². The number of nitrogens with zero attached hydrogens (tertiary/aromatic N) is 2. The first-order chi connectivity index (χ1) is 21.4. The molecule has 44 heavy (non-hydrogen) atoms. The molecule has 238 valence electrons. The van der Waals surface area contributed by atoms with Crippen LogP contribution in [0.3, 0.4) is 0 Å². The van der Waals surface area contributed by atoms with Crippen LogP contribution in [0.1, 0.15) is 97.8 Å². The minimum Gasteiger partial charge on any atom is -0.352 e. The van der Waals surface area contributed by atoms with Crippen molar-refractivity contribution in [3.05, 3.63) is 67.8 Å². The molecule has 0 aliphatic carbocycles. The molecule has 0 fully saturated rings. The van der Waals surface area contributed by atoms with Crippen molar-refractivity contribution >= 4 is 39.6 Å². The fourth-order valence-corrected chi connectivity index (χ4v) is 6.06. The Morgan fingerprint density at radius 2 is 1.41 bits per heavy atom. The van der Waals surface area contributed by atoms with E-state index in [1.807, 2.05) is 42.5 Å². The van der Waals surface area contributed by atoms with Gasteiger partial charge in [0, 0.05) is 43.1 Å². The summed E-state index contributed by atoms with van der Waals surface area (Å²) in [6, 6.07) is 14.7. The van der Waals surface area contributed by atoms with Gasteiger partial charge in [-0.1, -0.05) is 69.9 Å². The topological polar surface area (TPSA) is 87.0 Å². The molecule has 1 aromatic heterocycles. The van der Waals surface area contributed by atoms with Gasteiger partial charge in [-0.25, -0.2) is 4.98 Å². The van der Waals surface area contributed by atoms with Crippen LogP contribution in [0, 0.1) is 0 Å². The molecule has 7 heteroatoms. The zero-order valence-corrected chi connectivity index (χ0v) is 27.2. The highest BCUT2D eigenvalue weighted by Gasteiger charge is 2.22. The number of hydrogen-bond donors (Lipinski definition) is 3. The van der Waals surface area contributed by atoms with Crippen LogP contribution >= 0.6 is 0 Å². The summed E-state index contributed by atoms with van der Waals surface area (Å²) >= 11 is 0. The highest BCUT2D eigenvalue weighted by molar-refractivity contribution is 5.99. The molecule has 2 amide bonds. The van der Waals surface area contributed by atoms with Gasteiger partial charge < -0.3 is 16.0 Å². The molecule has 2 unspecified atom stereocenters. The molecule has 7 nitrogen and oxygen atoms in total. The highest BCUT2D eigenvalue weighted by Crippen LogP contribution is 2.22. The van der Waals surface area contributed by atoms with E-state index in [0.717, 1.165) is 98.5 Å². The van der Waals surface area contributed by atoms with Crippen molar-refractivity contribution < 1.29 is 14.2 Å². The number of fused-ring (bicyclic) bond motifs is 2. The molecule has 2 atom stereocenters. The summed E-state index contributed by atoms with van der Waals surface area (Å²) in [6.07, 6.45) is 14.5. The van der Waals surface area contributed by atoms with Gasteiger partial charge in [-0.05, 0) is 57.6 Å². The molecule has 0 spiro atoms. The third kappa shape index (κ3) is 10.3. The Kier molecular flexibility index (Phi) is 15.0. The number of anilines is 1. The zero-order chi connectivity index (χ0) is 31.7. The number of para-hydroxylation sites is 3. The molecule has 3 N–H and O–H groups in total. The Balaban J connectivity index is 1.35. The van der Waals surface area contributed by atoms with Crippen molar-refractivity contribution in [2.45, 2.75) is 122 Å². The van der Waals surface area contributed by atoms with Crippen LogP contribution in [0.4, 0.5) is 5.69 Å². The maximum absolute atomic E-state index is 12.8. The average Bonchev–Trinajstić information content (AvgIpc) is 3.03. The van der Waals surface area contributed by atoms with Crippen molar-refractivity contribution in [3.63, 3.8) is 0 Å². The molecule has 0 saturated heterocycles. The summed E-state index contributed by atoms with van der Waals surface area (Å²) in [7, 11) is 0. The fourth-order valence-electron chi connectivity index (χ4n) is 6.06. The Bertz CT molecular complexity index is 1360. The van der Waals surface area contributed by atoms with Gasteiger partial charge in [-0.2, -0.15) is 4.57 Å². The number of aromatic nitrogens is 2. The molecule has 0 aliphatic rings. The second kappa shape index (κ2) is 18.9. The first-order valence-electron chi connectivity index (χ1n) is 16.7. The number of carbonyl (C=O) groups is 2. The molecule has 3 rings (SSSR count). The molecule has 0 bridgehead atoms. The normalized spacial score (nSPS) is 12.7. The third-order valence-electron chi connectivity index (χ3n) is 8.42. The highest BCUT2D eigenvalue weighted by atomic mass is 16.2. The van der Waals surface area contributed by atoms with Gasteiger partial charge in [0.1, 0.15) is 12.1 Å².